The Morgan fingerprint density at radius 3 is 2.13 bits per heavy atom. The first-order valence-electron chi connectivity index (χ1n) is 15.6. The number of halogens is 1. The van der Waals surface area contributed by atoms with Crippen LogP contribution in [0, 0.1) is 19.7 Å². The number of nitrogens with zero attached hydrogens (tertiary/aromatic N) is 2. The Morgan fingerprint density at radius 1 is 0.826 bits per heavy atom. The third kappa shape index (κ3) is 8.20. The van der Waals surface area contributed by atoms with Gasteiger partial charge in [-0.25, -0.2) is 12.8 Å². The summed E-state index contributed by atoms with van der Waals surface area (Å²) in [5.41, 5.74) is 3.91. The molecule has 4 aromatic rings. The van der Waals surface area contributed by atoms with Gasteiger partial charge in [0.25, 0.3) is 10.0 Å². The van der Waals surface area contributed by atoms with Crippen LogP contribution in [0.1, 0.15) is 47.9 Å². The van der Waals surface area contributed by atoms with Crippen LogP contribution in [-0.4, -0.2) is 43.8 Å². The van der Waals surface area contributed by atoms with E-state index >= 15 is 0 Å². The first kappa shape index (κ1) is 32.9. The van der Waals surface area contributed by atoms with E-state index in [0.29, 0.717) is 0 Å². The molecule has 1 aliphatic carbocycles. The Bertz CT molecular complexity index is 1740. The lowest BCUT2D eigenvalue weighted by atomic mass is 10.0. The fourth-order valence-corrected chi connectivity index (χ4v) is 7.32. The number of aryl methyl sites for hydroxylation is 2. The molecule has 2 amide bonds. The molecular weight excluding hydrogens is 601 g/mol. The second-order valence-corrected chi connectivity index (χ2v) is 13.9. The number of sulfonamides is 1. The highest BCUT2D eigenvalue weighted by atomic mass is 32.2. The van der Waals surface area contributed by atoms with Crippen LogP contribution in [0.5, 0.6) is 0 Å². The summed E-state index contributed by atoms with van der Waals surface area (Å²) < 4.78 is 43.0. The van der Waals surface area contributed by atoms with Gasteiger partial charge in [0.05, 0.1) is 10.6 Å². The Kier molecular flexibility index (Phi) is 10.5. The zero-order chi connectivity index (χ0) is 32.7. The van der Waals surface area contributed by atoms with Crippen molar-refractivity contribution in [3.63, 3.8) is 0 Å². The molecule has 1 atom stereocenters. The highest BCUT2D eigenvalue weighted by Gasteiger charge is 2.35. The first-order chi connectivity index (χ1) is 22.1. The number of benzene rings is 4. The SMILES string of the molecule is Cc1ccc(N(CC(=O)N(Cc2cccc(C)c2)[C@@H](Cc2ccccc2)C(=O)NC2CCCC2)S(=O)(=O)c2ccc(F)cc2)cc1. The van der Waals surface area contributed by atoms with Crippen molar-refractivity contribution in [3.8, 4) is 0 Å². The van der Waals surface area contributed by atoms with Gasteiger partial charge in [0, 0.05) is 19.0 Å². The molecule has 0 unspecified atom stereocenters. The lowest BCUT2D eigenvalue weighted by Gasteiger charge is -2.34. The third-order valence-corrected chi connectivity index (χ3v) is 10.2. The maximum Gasteiger partial charge on any atom is 0.264 e. The topological polar surface area (TPSA) is 86.8 Å². The number of amides is 2. The summed E-state index contributed by atoms with van der Waals surface area (Å²) in [6, 6.07) is 27.7. The zero-order valence-electron chi connectivity index (χ0n) is 26.2. The van der Waals surface area contributed by atoms with Crippen molar-refractivity contribution in [2.75, 3.05) is 10.8 Å². The van der Waals surface area contributed by atoms with E-state index in [1.807, 2.05) is 68.4 Å². The highest BCUT2D eigenvalue weighted by molar-refractivity contribution is 7.92. The van der Waals surface area contributed by atoms with Gasteiger partial charge in [-0.15, -0.1) is 0 Å². The number of carbonyl (C=O) groups is 2. The summed E-state index contributed by atoms with van der Waals surface area (Å²) in [6.07, 6.45) is 4.09. The molecule has 5 rings (SSSR count). The lowest BCUT2D eigenvalue weighted by Crippen LogP contribution is -2.54. The van der Waals surface area contributed by atoms with Crippen molar-refractivity contribution in [2.45, 2.75) is 69.5 Å². The molecule has 0 saturated heterocycles. The number of hydrogen-bond donors (Lipinski definition) is 1. The molecule has 4 aromatic carbocycles. The smallest absolute Gasteiger partial charge is 0.264 e. The van der Waals surface area contributed by atoms with Gasteiger partial charge >= 0.3 is 0 Å². The van der Waals surface area contributed by atoms with Crippen LogP contribution < -0.4 is 9.62 Å². The van der Waals surface area contributed by atoms with Crippen molar-refractivity contribution in [2.24, 2.45) is 0 Å². The Hall–Kier alpha value is -4.50. The molecule has 7 nitrogen and oxygen atoms in total. The maximum atomic E-state index is 14.6. The van der Waals surface area contributed by atoms with Crippen molar-refractivity contribution < 1.29 is 22.4 Å². The van der Waals surface area contributed by atoms with E-state index in [2.05, 4.69) is 5.32 Å². The van der Waals surface area contributed by atoms with Gasteiger partial charge < -0.3 is 10.2 Å². The predicted octanol–water partition coefficient (Wildman–Crippen LogP) is 6.34. The predicted molar refractivity (Wildman–Crippen MR) is 178 cm³/mol. The molecular formula is C37H40FN3O4S. The molecule has 0 spiro atoms. The van der Waals surface area contributed by atoms with Crippen molar-refractivity contribution >= 4 is 27.5 Å². The van der Waals surface area contributed by atoms with Gasteiger partial charge in [0.15, 0.2) is 0 Å². The van der Waals surface area contributed by atoms with Crippen molar-refractivity contribution in [1.82, 2.24) is 10.2 Å². The van der Waals surface area contributed by atoms with Gasteiger partial charge in [0.1, 0.15) is 18.4 Å². The standard InChI is InChI=1S/C37H40FN3O4S/c1-27-15-19-33(20-16-27)41(46(44,45)34-21-17-31(38)18-22-34)26-36(42)40(25-30-12-8-9-28(2)23-30)35(24-29-10-4-3-5-11-29)37(43)39-32-13-6-7-14-32/h3-5,8-12,15-23,32,35H,6-7,13-14,24-26H2,1-2H3,(H,39,43)/t35-/m0/s1. The molecule has 0 aliphatic heterocycles. The summed E-state index contributed by atoms with van der Waals surface area (Å²) in [7, 11) is -4.30. The first-order valence-corrected chi connectivity index (χ1v) is 17.1. The van der Waals surface area contributed by atoms with Crippen LogP contribution in [0.25, 0.3) is 0 Å². The molecule has 1 saturated carbocycles. The molecule has 1 fully saturated rings. The normalized spacial score (nSPS) is 14.1. The number of carbonyl (C=O) groups excluding carboxylic acids is 2. The molecule has 0 radical (unpaired) electrons. The molecule has 1 aliphatic rings. The van der Waals surface area contributed by atoms with E-state index in [1.54, 1.807) is 24.3 Å². The zero-order valence-corrected chi connectivity index (χ0v) is 27.0. The van der Waals surface area contributed by atoms with Crippen LogP contribution in [0.4, 0.5) is 10.1 Å². The largest absolute Gasteiger partial charge is 0.352 e. The van der Waals surface area contributed by atoms with Crippen molar-refractivity contribution in [1.29, 1.82) is 0 Å². The fourth-order valence-electron chi connectivity index (χ4n) is 5.90. The monoisotopic (exact) mass is 641 g/mol. The summed E-state index contributed by atoms with van der Waals surface area (Å²) in [4.78, 5) is 30.0. The Labute approximate surface area is 271 Å². The second kappa shape index (κ2) is 14.7. The van der Waals surface area contributed by atoms with E-state index in [4.69, 9.17) is 0 Å². The van der Waals surface area contributed by atoms with Gasteiger partial charge in [-0.05, 0) is 74.2 Å². The van der Waals surface area contributed by atoms with E-state index in [9.17, 15) is 22.4 Å². The van der Waals surface area contributed by atoms with Gasteiger partial charge in [-0.3, -0.25) is 13.9 Å². The third-order valence-electron chi connectivity index (χ3n) is 8.41. The minimum Gasteiger partial charge on any atom is -0.352 e. The van der Waals surface area contributed by atoms with E-state index in [-0.39, 0.29) is 35.5 Å². The lowest BCUT2D eigenvalue weighted by molar-refractivity contribution is -0.140. The summed E-state index contributed by atoms with van der Waals surface area (Å²) >= 11 is 0. The van der Waals surface area contributed by atoms with Gasteiger partial charge in [0.2, 0.25) is 11.8 Å². The molecule has 1 N–H and O–H groups in total. The molecule has 240 valence electrons. The van der Waals surface area contributed by atoms with Crippen LogP contribution in [0.3, 0.4) is 0 Å². The number of hydrogen-bond acceptors (Lipinski definition) is 4. The van der Waals surface area contributed by atoms with Gasteiger partial charge in [-0.1, -0.05) is 90.7 Å². The molecule has 46 heavy (non-hydrogen) atoms. The minimum absolute atomic E-state index is 0.0320. The molecule has 0 heterocycles. The Morgan fingerprint density at radius 2 is 1.48 bits per heavy atom. The fraction of sp³-hybridized carbons (Fsp3) is 0.297. The average molecular weight is 642 g/mol. The van der Waals surface area contributed by atoms with E-state index in [0.717, 1.165) is 64.4 Å². The summed E-state index contributed by atoms with van der Waals surface area (Å²) in [5.74, 6) is -1.37. The van der Waals surface area contributed by atoms with Crippen LogP contribution in [0.15, 0.2) is 108 Å². The maximum absolute atomic E-state index is 14.6. The molecule has 0 aromatic heterocycles. The second-order valence-electron chi connectivity index (χ2n) is 12.0. The molecule has 0 bridgehead atoms. The van der Waals surface area contributed by atoms with Crippen molar-refractivity contribution in [3.05, 3.63) is 131 Å². The van der Waals surface area contributed by atoms with E-state index in [1.165, 1.54) is 17.0 Å². The van der Waals surface area contributed by atoms with Crippen LogP contribution >= 0.6 is 0 Å². The Balaban J connectivity index is 1.56. The molecule has 9 heteroatoms. The quantitative estimate of drug-likeness (QED) is 0.196. The van der Waals surface area contributed by atoms with Crippen LogP contribution in [-0.2, 0) is 32.6 Å². The van der Waals surface area contributed by atoms with Crippen LogP contribution in [0.2, 0.25) is 0 Å². The number of anilines is 1. The number of nitrogens with one attached hydrogen (secondary N) is 1. The summed E-state index contributed by atoms with van der Waals surface area (Å²) in [5, 5.41) is 3.18. The minimum atomic E-state index is -4.30. The van der Waals surface area contributed by atoms with E-state index < -0.39 is 34.3 Å². The highest BCUT2D eigenvalue weighted by Crippen LogP contribution is 2.26. The average Bonchev–Trinajstić information content (AvgIpc) is 3.55. The van der Waals surface area contributed by atoms with Gasteiger partial charge in [-0.2, -0.15) is 0 Å². The summed E-state index contributed by atoms with van der Waals surface area (Å²) in [6.45, 7) is 3.39. The number of rotatable bonds is 12.